The number of carboxylic acids is 1. The first kappa shape index (κ1) is 14.2. The van der Waals surface area contributed by atoms with Crippen LogP contribution in [-0.4, -0.2) is 37.2 Å². The van der Waals surface area contributed by atoms with E-state index >= 15 is 0 Å². The van der Waals surface area contributed by atoms with Gasteiger partial charge >= 0.3 is 5.97 Å². The molecular formula is C11H13NO5S. The van der Waals surface area contributed by atoms with Gasteiger partial charge in [-0.15, -0.1) is 0 Å². The van der Waals surface area contributed by atoms with Crippen molar-refractivity contribution in [2.24, 2.45) is 0 Å². The number of amides is 1. The number of aliphatic carboxylic acids is 1. The van der Waals surface area contributed by atoms with Crippen LogP contribution in [0.15, 0.2) is 35.2 Å². The zero-order chi connectivity index (χ0) is 13.8. The van der Waals surface area contributed by atoms with Gasteiger partial charge in [0.2, 0.25) is 5.91 Å². The minimum Gasteiger partial charge on any atom is -0.480 e. The van der Waals surface area contributed by atoms with Crippen molar-refractivity contribution in [2.75, 3.05) is 5.75 Å². The molecule has 0 aliphatic heterocycles. The zero-order valence-corrected chi connectivity index (χ0v) is 10.5. The summed E-state index contributed by atoms with van der Waals surface area (Å²) in [5.74, 6) is -2.65. The Morgan fingerprint density at radius 1 is 1.28 bits per heavy atom. The summed E-state index contributed by atoms with van der Waals surface area (Å²) in [6.45, 7) is 1.13. The maximum atomic E-state index is 11.9. The minimum atomic E-state index is -3.75. The number of nitrogens with one attached hydrogen (secondary N) is 1. The first-order valence-corrected chi connectivity index (χ1v) is 6.76. The lowest BCUT2D eigenvalue weighted by molar-refractivity contribution is -0.140. The molecule has 1 unspecified atom stereocenters. The van der Waals surface area contributed by atoms with E-state index in [-0.39, 0.29) is 4.90 Å². The molecule has 0 aliphatic carbocycles. The van der Waals surface area contributed by atoms with Gasteiger partial charge in [0, 0.05) is 6.92 Å². The van der Waals surface area contributed by atoms with Crippen molar-refractivity contribution in [3.05, 3.63) is 30.3 Å². The predicted molar refractivity (Wildman–Crippen MR) is 63.7 cm³/mol. The van der Waals surface area contributed by atoms with Crippen LogP contribution in [0.25, 0.3) is 0 Å². The molecule has 0 radical (unpaired) electrons. The highest BCUT2D eigenvalue weighted by atomic mass is 32.2. The third kappa shape index (κ3) is 3.85. The SMILES string of the molecule is CC(=O)NC(CS(=O)(=O)c1ccccc1)C(=O)O. The number of hydrogen-bond acceptors (Lipinski definition) is 4. The molecule has 7 heteroatoms. The number of sulfone groups is 1. The highest BCUT2D eigenvalue weighted by Gasteiger charge is 2.26. The van der Waals surface area contributed by atoms with Gasteiger partial charge in [0.05, 0.1) is 10.6 Å². The number of hydrogen-bond donors (Lipinski definition) is 2. The van der Waals surface area contributed by atoms with Crippen molar-refractivity contribution in [1.82, 2.24) is 5.32 Å². The van der Waals surface area contributed by atoms with Crippen LogP contribution in [0.4, 0.5) is 0 Å². The number of carbonyl (C=O) groups is 2. The summed E-state index contributed by atoms with van der Waals surface area (Å²) >= 11 is 0. The second-order valence-electron chi connectivity index (χ2n) is 3.69. The Balaban J connectivity index is 2.93. The number of carboxylic acid groups (broad SMARTS) is 1. The van der Waals surface area contributed by atoms with Gasteiger partial charge < -0.3 is 10.4 Å². The molecule has 1 aromatic carbocycles. The summed E-state index contributed by atoms with van der Waals surface area (Å²) in [6.07, 6.45) is 0. The second-order valence-corrected chi connectivity index (χ2v) is 5.72. The van der Waals surface area contributed by atoms with E-state index in [9.17, 15) is 18.0 Å². The molecule has 0 fully saturated rings. The molecular weight excluding hydrogens is 258 g/mol. The van der Waals surface area contributed by atoms with E-state index in [4.69, 9.17) is 5.11 Å². The Bertz CT molecular complexity index is 538. The fourth-order valence-electron chi connectivity index (χ4n) is 1.36. The van der Waals surface area contributed by atoms with Crippen LogP contribution in [0.2, 0.25) is 0 Å². The average Bonchev–Trinajstić information content (AvgIpc) is 2.28. The molecule has 18 heavy (non-hydrogen) atoms. The summed E-state index contributed by atoms with van der Waals surface area (Å²) in [6, 6.07) is 6.04. The molecule has 1 amide bonds. The monoisotopic (exact) mass is 271 g/mol. The number of rotatable bonds is 5. The van der Waals surface area contributed by atoms with Crippen LogP contribution in [0.3, 0.4) is 0 Å². The maximum Gasteiger partial charge on any atom is 0.327 e. The molecule has 6 nitrogen and oxygen atoms in total. The van der Waals surface area contributed by atoms with Gasteiger partial charge in [0.15, 0.2) is 9.84 Å². The van der Waals surface area contributed by atoms with Crippen LogP contribution in [0, 0.1) is 0 Å². The summed E-state index contributed by atoms with van der Waals surface area (Å²) in [5, 5.41) is 10.9. The van der Waals surface area contributed by atoms with Crippen LogP contribution in [0.5, 0.6) is 0 Å². The van der Waals surface area contributed by atoms with Gasteiger partial charge in [-0.1, -0.05) is 18.2 Å². The fourth-order valence-corrected chi connectivity index (χ4v) is 2.79. The molecule has 1 atom stereocenters. The molecule has 0 saturated heterocycles. The van der Waals surface area contributed by atoms with Crippen molar-refractivity contribution in [1.29, 1.82) is 0 Å². The molecule has 2 N–H and O–H groups in total. The van der Waals surface area contributed by atoms with Gasteiger partial charge in [-0.2, -0.15) is 0 Å². The largest absolute Gasteiger partial charge is 0.480 e. The van der Waals surface area contributed by atoms with Crippen molar-refractivity contribution in [3.8, 4) is 0 Å². The van der Waals surface area contributed by atoms with Gasteiger partial charge in [-0.05, 0) is 12.1 Å². The van der Waals surface area contributed by atoms with Crippen molar-refractivity contribution in [2.45, 2.75) is 17.9 Å². The Morgan fingerprint density at radius 3 is 2.28 bits per heavy atom. The fraction of sp³-hybridized carbons (Fsp3) is 0.273. The zero-order valence-electron chi connectivity index (χ0n) is 9.66. The number of benzene rings is 1. The first-order valence-electron chi connectivity index (χ1n) is 5.10. The van der Waals surface area contributed by atoms with Crippen LogP contribution in [0.1, 0.15) is 6.92 Å². The van der Waals surface area contributed by atoms with E-state index in [1.807, 2.05) is 0 Å². The van der Waals surface area contributed by atoms with Gasteiger partial charge in [0.1, 0.15) is 6.04 Å². The van der Waals surface area contributed by atoms with E-state index in [2.05, 4.69) is 5.32 Å². The van der Waals surface area contributed by atoms with E-state index in [0.717, 1.165) is 6.92 Å². The Labute approximate surface area is 105 Å². The third-order valence-electron chi connectivity index (χ3n) is 2.16. The lowest BCUT2D eigenvalue weighted by Crippen LogP contribution is -2.44. The molecule has 98 valence electrons. The highest BCUT2D eigenvalue weighted by Crippen LogP contribution is 2.11. The van der Waals surface area contributed by atoms with Crippen molar-refractivity contribution in [3.63, 3.8) is 0 Å². The standard InChI is InChI=1S/C11H13NO5S/c1-8(13)12-10(11(14)15)7-18(16,17)9-5-3-2-4-6-9/h2-6,10H,7H2,1H3,(H,12,13)(H,14,15). The van der Waals surface area contributed by atoms with Crippen molar-refractivity contribution < 1.29 is 23.1 Å². The average molecular weight is 271 g/mol. The van der Waals surface area contributed by atoms with Crippen LogP contribution < -0.4 is 5.32 Å². The summed E-state index contributed by atoms with van der Waals surface area (Å²) in [4.78, 5) is 21.7. The molecule has 0 spiro atoms. The molecule has 0 bridgehead atoms. The van der Waals surface area contributed by atoms with Crippen molar-refractivity contribution >= 4 is 21.7 Å². The number of carbonyl (C=O) groups excluding carboxylic acids is 1. The topological polar surface area (TPSA) is 101 Å². The van der Waals surface area contributed by atoms with E-state index in [1.165, 1.54) is 12.1 Å². The van der Waals surface area contributed by atoms with E-state index in [1.54, 1.807) is 18.2 Å². The Hall–Kier alpha value is -1.89. The van der Waals surface area contributed by atoms with Crippen LogP contribution in [-0.2, 0) is 19.4 Å². The quantitative estimate of drug-likeness (QED) is 0.788. The van der Waals surface area contributed by atoms with Gasteiger partial charge in [-0.25, -0.2) is 13.2 Å². The lowest BCUT2D eigenvalue weighted by Gasteiger charge is -2.13. The molecule has 0 aromatic heterocycles. The molecule has 0 aliphatic rings. The van der Waals surface area contributed by atoms with E-state index in [0.29, 0.717) is 0 Å². The first-order chi connectivity index (χ1) is 8.33. The molecule has 1 rings (SSSR count). The molecule has 0 heterocycles. The Kier molecular flexibility index (Phi) is 4.43. The summed E-state index contributed by atoms with van der Waals surface area (Å²) in [5.41, 5.74) is 0. The molecule has 0 saturated carbocycles. The second kappa shape index (κ2) is 5.63. The van der Waals surface area contributed by atoms with Gasteiger partial charge in [-0.3, -0.25) is 4.79 Å². The third-order valence-corrected chi connectivity index (χ3v) is 3.93. The normalized spacial score (nSPS) is 12.7. The summed E-state index contributed by atoms with van der Waals surface area (Å²) < 4.78 is 23.8. The lowest BCUT2D eigenvalue weighted by atomic mass is 10.3. The van der Waals surface area contributed by atoms with Gasteiger partial charge in [0.25, 0.3) is 0 Å². The summed E-state index contributed by atoms with van der Waals surface area (Å²) in [7, 11) is -3.75. The highest BCUT2D eigenvalue weighted by molar-refractivity contribution is 7.91. The van der Waals surface area contributed by atoms with E-state index < -0.39 is 33.5 Å². The molecule has 1 aromatic rings. The predicted octanol–water partition coefficient (Wildman–Crippen LogP) is 0.0496. The minimum absolute atomic E-state index is 0.0293. The smallest absolute Gasteiger partial charge is 0.327 e. The van der Waals surface area contributed by atoms with Crippen LogP contribution >= 0.6 is 0 Å². The maximum absolute atomic E-state index is 11.9. The Morgan fingerprint density at radius 2 is 1.83 bits per heavy atom.